The van der Waals surface area contributed by atoms with Crippen LogP contribution in [0.3, 0.4) is 0 Å². The van der Waals surface area contributed by atoms with Crippen molar-refractivity contribution in [3.8, 4) is 5.75 Å². The van der Waals surface area contributed by atoms with Gasteiger partial charge in [0.1, 0.15) is 5.58 Å². The molecule has 0 unspecified atom stereocenters. The molecule has 0 bridgehead atoms. The molecular formula is C37H25F3N2O4S. The molecule has 7 rings (SSSR count). The molecule has 6 aromatic carbocycles. The molecule has 0 saturated carbocycles. The summed E-state index contributed by atoms with van der Waals surface area (Å²) in [6, 6.07) is 46.2. The zero-order valence-electron chi connectivity index (χ0n) is 24.5. The summed E-state index contributed by atoms with van der Waals surface area (Å²) in [6.45, 7) is 0. The Balaban J connectivity index is 1.60. The van der Waals surface area contributed by atoms with Crippen LogP contribution < -0.4 is 14.0 Å². The number of alkyl halides is 3. The quantitative estimate of drug-likeness (QED) is 0.120. The maximum Gasteiger partial charge on any atom is 0.534 e. The Kier molecular flexibility index (Phi) is 7.57. The number of fused-ring (bicyclic) bond motifs is 3. The molecule has 7 aromatic rings. The van der Waals surface area contributed by atoms with Crippen molar-refractivity contribution in [2.75, 3.05) is 9.80 Å². The first-order valence-electron chi connectivity index (χ1n) is 14.5. The topological polar surface area (TPSA) is 63.0 Å². The average molecular weight is 651 g/mol. The SMILES string of the molecule is O=S(=O)(Oc1ccc(N(c2ccccc2)c2ccccc2)c2c1oc1cccc(N(c3ccccc3)c3ccccc3)c12)C(F)(F)F. The average Bonchev–Trinajstić information content (AvgIpc) is 3.49. The van der Waals surface area contributed by atoms with Crippen molar-refractivity contribution in [3.63, 3.8) is 0 Å². The van der Waals surface area contributed by atoms with Crippen LogP contribution in [0, 0.1) is 0 Å². The van der Waals surface area contributed by atoms with Crippen molar-refractivity contribution < 1.29 is 30.2 Å². The highest BCUT2D eigenvalue weighted by Crippen LogP contribution is 2.50. The number of hydrogen-bond acceptors (Lipinski definition) is 6. The lowest BCUT2D eigenvalue weighted by Crippen LogP contribution is -2.28. The molecule has 1 aromatic heterocycles. The van der Waals surface area contributed by atoms with Gasteiger partial charge >= 0.3 is 15.6 Å². The second kappa shape index (κ2) is 11.9. The van der Waals surface area contributed by atoms with E-state index in [0.29, 0.717) is 27.7 Å². The lowest BCUT2D eigenvalue weighted by molar-refractivity contribution is -0.0499. The fourth-order valence-electron chi connectivity index (χ4n) is 5.63. The Hall–Kier alpha value is -5.74. The number of furan rings is 1. The molecule has 0 aliphatic rings. The van der Waals surface area contributed by atoms with Crippen molar-refractivity contribution in [2.24, 2.45) is 0 Å². The summed E-state index contributed by atoms with van der Waals surface area (Å²) in [7, 11) is -6.01. The number of para-hydroxylation sites is 4. The van der Waals surface area contributed by atoms with Crippen molar-refractivity contribution in [2.45, 2.75) is 5.51 Å². The highest BCUT2D eigenvalue weighted by molar-refractivity contribution is 7.88. The Bertz CT molecular complexity index is 2200. The van der Waals surface area contributed by atoms with E-state index < -0.39 is 21.4 Å². The smallest absolute Gasteiger partial charge is 0.452 e. The zero-order valence-corrected chi connectivity index (χ0v) is 25.3. The van der Waals surface area contributed by atoms with Crippen molar-refractivity contribution >= 4 is 66.2 Å². The fourth-order valence-corrected chi connectivity index (χ4v) is 6.09. The van der Waals surface area contributed by atoms with E-state index in [9.17, 15) is 21.6 Å². The Morgan fingerprint density at radius 1 is 0.511 bits per heavy atom. The van der Waals surface area contributed by atoms with E-state index in [-0.39, 0.29) is 5.58 Å². The molecule has 0 atom stereocenters. The van der Waals surface area contributed by atoms with Gasteiger partial charge in [0.2, 0.25) is 0 Å². The number of nitrogens with zero attached hydrogens (tertiary/aromatic N) is 2. The van der Waals surface area contributed by atoms with Crippen LogP contribution in [0.5, 0.6) is 5.75 Å². The summed E-state index contributed by atoms with van der Waals surface area (Å²) in [5.41, 5.74) is -1.16. The van der Waals surface area contributed by atoms with Crippen LogP contribution in [0.2, 0.25) is 0 Å². The number of rotatable bonds is 8. The second-order valence-electron chi connectivity index (χ2n) is 10.5. The fraction of sp³-hybridized carbons (Fsp3) is 0.0270. The maximum atomic E-state index is 13.6. The summed E-state index contributed by atoms with van der Waals surface area (Å²) < 4.78 is 76.2. The van der Waals surface area contributed by atoms with Crippen molar-refractivity contribution in [1.29, 1.82) is 0 Å². The van der Waals surface area contributed by atoms with E-state index in [1.807, 2.05) is 137 Å². The molecule has 47 heavy (non-hydrogen) atoms. The minimum Gasteiger partial charge on any atom is -0.452 e. The monoisotopic (exact) mass is 650 g/mol. The van der Waals surface area contributed by atoms with Gasteiger partial charge in [-0.05, 0) is 72.8 Å². The Morgan fingerprint density at radius 3 is 1.36 bits per heavy atom. The largest absolute Gasteiger partial charge is 0.534 e. The highest BCUT2D eigenvalue weighted by atomic mass is 32.2. The molecule has 0 saturated heterocycles. The molecule has 234 valence electrons. The first-order valence-corrected chi connectivity index (χ1v) is 15.9. The molecule has 6 nitrogen and oxygen atoms in total. The van der Waals surface area contributed by atoms with Gasteiger partial charge in [0.25, 0.3) is 0 Å². The number of halogens is 3. The van der Waals surface area contributed by atoms with Gasteiger partial charge in [-0.25, -0.2) is 0 Å². The van der Waals surface area contributed by atoms with E-state index in [4.69, 9.17) is 8.60 Å². The minimum atomic E-state index is -6.01. The lowest BCUT2D eigenvalue weighted by atomic mass is 10.0. The second-order valence-corrected chi connectivity index (χ2v) is 12.1. The first-order chi connectivity index (χ1) is 22.7. The van der Waals surface area contributed by atoms with E-state index in [1.165, 1.54) is 6.07 Å². The van der Waals surface area contributed by atoms with Crippen LogP contribution in [-0.4, -0.2) is 13.9 Å². The van der Waals surface area contributed by atoms with Gasteiger partial charge in [0, 0.05) is 22.7 Å². The predicted molar refractivity (Wildman–Crippen MR) is 179 cm³/mol. The van der Waals surface area contributed by atoms with Crippen LogP contribution in [0.1, 0.15) is 0 Å². The normalized spacial score (nSPS) is 11.9. The molecule has 0 aliphatic carbocycles. The van der Waals surface area contributed by atoms with E-state index in [2.05, 4.69) is 0 Å². The summed E-state index contributed by atoms with van der Waals surface area (Å²) in [5, 5.41) is 0.895. The summed E-state index contributed by atoms with van der Waals surface area (Å²) in [6.07, 6.45) is 0. The van der Waals surface area contributed by atoms with Crippen molar-refractivity contribution in [3.05, 3.63) is 152 Å². The standard InChI is InChI=1S/C37H25F3N2O4S/c38-37(39,40)47(43,44)46-33-25-24-31(42(28-18-9-3-10-19-28)29-20-11-4-12-21-29)35-34-30(22-13-23-32(34)45-36(33)35)41(26-14-5-1-6-15-26)27-16-7-2-8-17-27/h1-25H. The zero-order chi connectivity index (χ0) is 32.6. The predicted octanol–water partition coefficient (Wildman–Crippen LogP) is 10.8. The van der Waals surface area contributed by atoms with E-state index >= 15 is 0 Å². The van der Waals surface area contributed by atoms with Gasteiger partial charge in [-0.15, -0.1) is 0 Å². The van der Waals surface area contributed by atoms with Gasteiger partial charge in [-0.1, -0.05) is 78.9 Å². The third-order valence-corrected chi connectivity index (χ3v) is 8.55. The summed E-state index contributed by atoms with van der Waals surface area (Å²) >= 11 is 0. The molecule has 0 radical (unpaired) electrons. The number of anilines is 6. The molecule has 0 aliphatic heterocycles. The number of hydrogen-bond donors (Lipinski definition) is 0. The third-order valence-electron chi connectivity index (χ3n) is 7.59. The molecule has 10 heteroatoms. The van der Waals surface area contributed by atoms with Crippen LogP contribution in [0.4, 0.5) is 47.3 Å². The van der Waals surface area contributed by atoms with E-state index in [1.54, 1.807) is 18.2 Å². The molecular weight excluding hydrogens is 625 g/mol. The molecule has 1 heterocycles. The molecule has 0 N–H and O–H groups in total. The molecule has 0 fully saturated rings. The lowest BCUT2D eigenvalue weighted by Gasteiger charge is -2.28. The summed E-state index contributed by atoms with van der Waals surface area (Å²) in [5.74, 6) is -0.588. The van der Waals surface area contributed by atoms with Gasteiger partial charge in [-0.2, -0.15) is 21.6 Å². The van der Waals surface area contributed by atoms with Crippen LogP contribution in [0.15, 0.2) is 156 Å². The number of benzene rings is 6. The van der Waals surface area contributed by atoms with Gasteiger partial charge in [0.05, 0.1) is 22.1 Å². The first kappa shape index (κ1) is 29.9. The summed E-state index contributed by atoms with van der Waals surface area (Å²) in [4.78, 5) is 3.95. The molecule has 0 amide bonds. The Labute approximate surface area is 268 Å². The molecule has 0 spiro atoms. The van der Waals surface area contributed by atoms with Gasteiger partial charge < -0.3 is 18.4 Å². The van der Waals surface area contributed by atoms with Crippen LogP contribution >= 0.6 is 0 Å². The van der Waals surface area contributed by atoms with Crippen molar-refractivity contribution in [1.82, 2.24) is 0 Å². The van der Waals surface area contributed by atoms with E-state index in [0.717, 1.165) is 22.7 Å². The highest BCUT2D eigenvalue weighted by Gasteiger charge is 2.49. The van der Waals surface area contributed by atoms with Gasteiger partial charge in [-0.3, -0.25) is 0 Å². The Morgan fingerprint density at radius 2 is 0.936 bits per heavy atom. The maximum absolute atomic E-state index is 13.6. The minimum absolute atomic E-state index is 0.157. The van der Waals surface area contributed by atoms with Crippen LogP contribution in [-0.2, 0) is 10.1 Å². The third kappa shape index (κ3) is 5.53. The van der Waals surface area contributed by atoms with Gasteiger partial charge in [0.15, 0.2) is 11.3 Å². The van der Waals surface area contributed by atoms with Crippen LogP contribution in [0.25, 0.3) is 21.9 Å².